The molecule has 1 rings (SSSR count). The van der Waals surface area contributed by atoms with Crippen LogP contribution in [0.3, 0.4) is 0 Å². The summed E-state index contributed by atoms with van der Waals surface area (Å²) >= 11 is 9.10. The maximum atomic E-state index is 8.41. The van der Waals surface area contributed by atoms with Crippen molar-refractivity contribution >= 4 is 27.5 Å². The van der Waals surface area contributed by atoms with E-state index in [4.69, 9.17) is 16.9 Å². The van der Waals surface area contributed by atoms with E-state index in [1.54, 1.807) is 6.07 Å². The van der Waals surface area contributed by atoms with Gasteiger partial charge < -0.3 is 0 Å². The number of nitrogens with zero attached hydrogens (tertiary/aromatic N) is 1. The van der Waals surface area contributed by atoms with Crippen molar-refractivity contribution in [3.05, 3.63) is 33.3 Å². The Morgan fingerprint density at radius 3 is 2.91 bits per heavy atom. The van der Waals surface area contributed by atoms with Gasteiger partial charge in [0.1, 0.15) is 0 Å². The normalized spacial score (nSPS) is 9.18. The van der Waals surface area contributed by atoms with Crippen LogP contribution in [0.4, 0.5) is 0 Å². The van der Waals surface area contributed by atoms with Crippen LogP contribution in [0, 0.1) is 11.3 Å². The largest absolute Gasteiger partial charge is 0.198 e. The number of halogens is 2. The first kappa shape index (κ1) is 8.58. The van der Waals surface area contributed by atoms with Gasteiger partial charge in [-0.3, -0.25) is 0 Å². The molecule has 0 aliphatic rings. The molecule has 0 saturated heterocycles. The van der Waals surface area contributed by atoms with Gasteiger partial charge in [0.05, 0.1) is 12.5 Å². The molecule has 11 heavy (non-hydrogen) atoms. The van der Waals surface area contributed by atoms with Crippen LogP contribution in [0.15, 0.2) is 22.7 Å². The molecule has 56 valence electrons. The highest BCUT2D eigenvalue weighted by Crippen LogP contribution is 2.20. The van der Waals surface area contributed by atoms with Crippen molar-refractivity contribution in [3.63, 3.8) is 0 Å². The molecule has 1 aromatic carbocycles. The smallest absolute Gasteiger partial charge is 0.0670 e. The van der Waals surface area contributed by atoms with E-state index < -0.39 is 0 Å². The molecule has 0 heterocycles. The average Bonchev–Trinajstić information content (AvgIpc) is 1.98. The van der Waals surface area contributed by atoms with E-state index in [1.165, 1.54) is 0 Å². The van der Waals surface area contributed by atoms with Gasteiger partial charge in [0.2, 0.25) is 0 Å². The van der Waals surface area contributed by atoms with Gasteiger partial charge in [0, 0.05) is 9.50 Å². The zero-order valence-corrected chi connectivity index (χ0v) is 7.98. The second-order valence-corrected chi connectivity index (χ2v) is 3.39. The van der Waals surface area contributed by atoms with Gasteiger partial charge in [0.25, 0.3) is 0 Å². The second kappa shape index (κ2) is 3.75. The predicted octanol–water partition coefficient (Wildman–Crippen LogP) is 3.17. The van der Waals surface area contributed by atoms with Crippen LogP contribution in [-0.4, -0.2) is 0 Å². The highest BCUT2D eigenvalue weighted by molar-refractivity contribution is 9.10. The minimum absolute atomic E-state index is 0.359. The lowest BCUT2D eigenvalue weighted by Crippen LogP contribution is -1.82. The molecular weight excluding hydrogens is 225 g/mol. The van der Waals surface area contributed by atoms with Crippen LogP contribution in [0.1, 0.15) is 5.56 Å². The van der Waals surface area contributed by atoms with Crippen molar-refractivity contribution in [2.75, 3.05) is 0 Å². The minimum atomic E-state index is 0.359. The van der Waals surface area contributed by atoms with Gasteiger partial charge in [0.15, 0.2) is 0 Å². The number of nitriles is 1. The molecular formula is C8H5BrClN. The lowest BCUT2D eigenvalue weighted by atomic mass is 10.2. The Balaban J connectivity index is 3.05. The molecule has 0 unspecified atom stereocenters. The van der Waals surface area contributed by atoms with E-state index in [-0.39, 0.29) is 0 Å². The fraction of sp³-hybridized carbons (Fsp3) is 0.125. The van der Waals surface area contributed by atoms with Gasteiger partial charge >= 0.3 is 0 Å². The van der Waals surface area contributed by atoms with Crippen molar-refractivity contribution < 1.29 is 0 Å². The Morgan fingerprint density at radius 2 is 2.27 bits per heavy atom. The molecule has 0 aromatic heterocycles. The molecule has 0 radical (unpaired) electrons. The quantitative estimate of drug-likeness (QED) is 0.727. The summed E-state index contributed by atoms with van der Waals surface area (Å²) in [5, 5.41) is 9.06. The van der Waals surface area contributed by atoms with Crippen molar-refractivity contribution in [3.8, 4) is 6.07 Å². The highest BCUT2D eigenvalue weighted by atomic mass is 79.9. The maximum absolute atomic E-state index is 8.41. The first-order valence-corrected chi connectivity index (χ1v) is 4.22. The summed E-state index contributed by atoms with van der Waals surface area (Å²) in [4.78, 5) is 0. The van der Waals surface area contributed by atoms with Gasteiger partial charge in [-0.05, 0) is 23.8 Å². The zero-order valence-electron chi connectivity index (χ0n) is 5.64. The molecule has 0 fully saturated rings. The molecule has 0 aliphatic heterocycles. The molecule has 0 saturated carbocycles. The third kappa shape index (κ3) is 2.21. The lowest BCUT2D eigenvalue weighted by molar-refractivity contribution is 1.26. The fourth-order valence-corrected chi connectivity index (χ4v) is 1.36. The van der Waals surface area contributed by atoms with Gasteiger partial charge in [-0.2, -0.15) is 5.26 Å². The number of rotatable bonds is 1. The SMILES string of the molecule is N#CCc1cc(Br)ccc1Cl. The summed E-state index contributed by atoms with van der Waals surface area (Å²) in [7, 11) is 0. The highest BCUT2D eigenvalue weighted by Gasteiger charge is 1.98. The predicted molar refractivity (Wildman–Crippen MR) is 48.5 cm³/mol. The first-order chi connectivity index (χ1) is 5.24. The van der Waals surface area contributed by atoms with E-state index in [0.717, 1.165) is 10.0 Å². The number of hydrogen-bond acceptors (Lipinski definition) is 1. The summed E-state index contributed by atoms with van der Waals surface area (Å²) in [5.74, 6) is 0. The molecule has 1 aromatic rings. The average molecular weight is 230 g/mol. The summed E-state index contributed by atoms with van der Waals surface area (Å²) in [6, 6.07) is 7.53. The summed E-state index contributed by atoms with van der Waals surface area (Å²) in [5.41, 5.74) is 0.864. The van der Waals surface area contributed by atoms with Crippen molar-refractivity contribution in [1.29, 1.82) is 5.26 Å². The molecule has 0 N–H and O–H groups in total. The zero-order chi connectivity index (χ0) is 8.27. The van der Waals surface area contributed by atoms with Crippen molar-refractivity contribution in [2.45, 2.75) is 6.42 Å². The standard InChI is InChI=1S/C8H5BrClN/c9-7-1-2-8(10)6(5-7)3-4-11/h1-2,5H,3H2. The molecule has 0 bridgehead atoms. The molecule has 0 aliphatic carbocycles. The van der Waals surface area contributed by atoms with Crippen molar-refractivity contribution in [2.24, 2.45) is 0 Å². The van der Waals surface area contributed by atoms with Crippen LogP contribution in [0.25, 0.3) is 0 Å². The van der Waals surface area contributed by atoms with Crippen LogP contribution >= 0.6 is 27.5 Å². The Kier molecular flexibility index (Phi) is 2.92. The molecule has 0 amide bonds. The van der Waals surface area contributed by atoms with Crippen molar-refractivity contribution in [1.82, 2.24) is 0 Å². The minimum Gasteiger partial charge on any atom is -0.198 e. The van der Waals surface area contributed by atoms with Crippen LogP contribution in [0.2, 0.25) is 5.02 Å². The van der Waals surface area contributed by atoms with Gasteiger partial charge in [-0.1, -0.05) is 27.5 Å². The topological polar surface area (TPSA) is 23.8 Å². The summed E-state index contributed by atoms with van der Waals surface area (Å²) in [6.07, 6.45) is 0.359. The summed E-state index contributed by atoms with van der Waals surface area (Å²) < 4.78 is 0.951. The second-order valence-electron chi connectivity index (χ2n) is 2.07. The van der Waals surface area contributed by atoms with E-state index in [0.29, 0.717) is 11.4 Å². The third-order valence-corrected chi connectivity index (χ3v) is 2.14. The van der Waals surface area contributed by atoms with Gasteiger partial charge in [-0.15, -0.1) is 0 Å². The van der Waals surface area contributed by atoms with Gasteiger partial charge in [-0.25, -0.2) is 0 Å². The van der Waals surface area contributed by atoms with E-state index in [2.05, 4.69) is 15.9 Å². The van der Waals surface area contributed by atoms with Crippen LogP contribution in [0.5, 0.6) is 0 Å². The van der Waals surface area contributed by atoms with Crippen LogP contribution < -0.4 is 0 Å². The van der Waals surface area contributed by atoms with E-state index >= 15 is 0 Å². The Labute approximate surface area is 78.7 Å². The monoisotopic (exact) mass is 229 g/mol. The molecule has 1 nitrogen and oxygen atoms in total. The lowest BCUT2D eigenvalue weighted by Gasteiger charge is -1.98. The Hall–Kier alpha value is -0.520. The molecule has 3 heteroatoms. The van der Waals surface area contributed by atoms with E-state index in [1.807, 2.05) is 18.2 Å². The Morgan fingerprint density at radius 1 is 1.55 bits per heavy atom. The van der Waals surface area contributed by atoms with Crippen LogP contribution in [-0.2, 0) is 6.42 Å². The molecule has 0 spiro atoms. The van der Waals surface area contributed by atoms with E-state index in [9.17, 15) is 0 Å². The Bertz CT molecular complexity index is 303. The third-order valence-electron chi connectivity index (χ3n) is 1.28. The fourth-order valence-electron chi connectivity index (χ4n) is 0.764. The molecule has 0 atom stereocenters. The number of hydrogen-bond donors (Lipinski definition) is 0. The maximum Gasteiger partial charge on any atom is 0.0670 e. The summed E-state index contributed by atoms with van der Waals surface area (Å²) in [6.45, 7) is 0. The number of benzene rings is 1. The first-order valence-electron chi connectivity index (χ1n) is 3.05.